The van der Waals surface area contributed by atoms with Gasteiger partial charge >= 0.3 is 6.03 Å². The van der Waals surface area contributed by atoms with E-state index < -0.39 is 20.0 Å². The average Bonchev–Trinajstić information content (AvgIpc) is 2.97. The highest BCUT2D eigenvalue weighted by atomic mass is 32.1. The van der Waals surface area contributed by atoms with E-state index in [1.807, 2.05) is 6.20 Å². The molecule has 0 saturated carbocycles. The number of nitrogens with two attached hydrogens (primary N) is 2. The SMILES string of the molecule is C[Si](C)(C)Cn1ncc2c1CCc1c-2sc(NC(N)=O)c1C(N)=O. The number of carbonyl (C=O) groups is 2. The van der Waals surface area contributed by atoms with Crippen LogP contribution in [0.4, 0.5) is 9.80 Å². The summed E-state index contributed by atoms with van der Waals surface area (Å²) >= 11 is 1.34. The Kier molecular flexibility index (Phi) is 4.00. The van der Waals surface area contributed by atoms with Crippen molar-refractivity contribution in [3.8, 4) is 10.4 Å². The molecule has 2 aromatic heterocycles. The van der Waals surface area contributed by atoms with Crippen LogP contribution in [-0.4, -0.2) is 29.8 Å². The average molecular weight is 364 g/mol. The molecular formula is C15H21N5O2SSi. The van der Waals surface area contributed by atoms with Gasteiger partial charge in [-0.05, 0) is 18.4 Å². The number of nitrogens with one attached hydrogen (secondary N) is 1. The molecule has 3 rings (SSSR count). The fourth-order valence-electron chi connectivity index (χ4n) is 3.07. The minimum Gasteiger partial charge on any atom is -0.365 e. The molecule has 0 spiro atoms. The van der Waals surface area contributed by atoms with Crippen LogP contribution in [0.15, 0.2) is 6.20 Å². The minimum atomic E-state index is -1.30. The smallest absolute Gasteiger partial charge is 0.317 e. The first-order valence-corrected chi connectivity index (χ1v) is 12.3. The van der Waals surface area contributed by atoms with Crippen molar-refractivity contribution in [2.45, 2.75) is 38.7 Å². The third kappa shape index (κ3) is 2.96. The second-order valence-electron chi connectivity index (χ2n) is 7.19. The third-order valence-corrected chi connectivity index (χ3v) is 6.35. The molecule has 9 heteroatoms. The van der Waals surface area contributed by atoms with Gasteiger partial charge in [0.25, 0.3) is 5.91 Å². The summed E-state index contributed by atoms with van der Waals surface area (Å²) in [5.74, 6) is -0.547. The van der Waals surface area contributed by atoms with Crippen molar-refractivity contribution in [1.29, 1.82) is 0 Å². The summed E-state index contributed by atoms with van der Waals surface area (Å²) in [5, 5.41) is 7.50. The number of nitrogens with zero attached hydrogens (tertiary/aromatic N) is 2. The molecule has 7 nitrogen and oxygen atoms in total. The Labute approximate surface area is 145 Å². The Morgan fingerprint density at radius 1 is 1.33 bits per heavy atom. The Morgan fingerprint density at radius 3 is 2.62 bits per heavy atom. The highest BCUT2D eigenvalue weighted by molar-refractivity contribution is 7.20. The Balaban J connectivity index is 2.10. The lowest BCUT2D eigenvalue weighted by molar-refractivity contribution is 0.100. The van der Waals surface area contributed by atoms with E-state index in [0.29, 0.717) is 17.0 Å². The van der Waals surface area contributed by atoms with Gasteiger partial charge in [0.05, 0.1) is 19.8 Å². The summed E-state index contributed by atoms with van der Waals surface area (Å²) in [5.41, 5.74) is 14.2. The molecule has 24 heavy (non-hydrogen) atoms. The van der Waals surface area contributed by atoms with Gasteiger partial charge in [0.1, 0.15) is 5.00 Å². The number of aromatic nitrogens is 2. The van der Waals surface area contributed by atoms with Crippen LogP contribution in [0.3, 0.4) is 0 Å². The van der Waals surface area contributed by atoms with Gasteiger partial charge in [-0.1, -0.05) is 19.6 Å². The van der Waals surface area contributed by atoms with Crippen molar-refractivity contribution in [2.24, 2.45) is 11.5 Å². The second-order valence-corrected chi connectivity index (χ2v) is 13.6. The Bertz CT molecular complexity index is 834. The number of carbonyl (C=O) groups excluding carboxylic acids is 2. The summed E-state index contributed by atoms with van der Waals surface area (Å²) in [4.78, 5) is 24.0. The predicted octanol–water partition coefficient (Wildman–Crippen LogP) is 2.18. The molecule has 0 aliphatic heterocycles. The first kappa shape index (κ1) is 16.7. The Morgan fingerprint density at radius 2 is 2.04 bits per heavy atom. The van der Waals surface area contributed by atoms with E-state index in [9.17, 15) is 9.59 Å². The van der Waals surface area contributed by atoms with Crippen molar-refractivity contribution in [3.63, 3.8) is 0 Å². The fourth-order valence-corrected chi connectivity index (χ4v) is 5.54. The van der Waals surface area contributed by atoms with Crippen LogP contribution in [-0.2, 0) is 19.0 Å². The topological polar surface area (TPSA) is 116 Å². The van der Waals surface area contributed by atoms with Gasteiger partial charge in [-0.15, -0.1) is 11.3 Å². The van der Waals surface area contributed by atoms with Crippen molar-refractivity contribution in [2.75, 3.05) is 5.32 Å². The third-order valence-electron chi connectivity index (χ3n) is 3.92. The standard InChI is InChI=1S/C15H21N5O2SSi/c1-24(2,3)7-20-10-5-4-8-11(13(16)21)14(19-15(17)22)23-12(8)9(10)6-18-20/h6H,4-5,7H2,1-3H3,(H2,16,21)(H3,17,19,22). The van der Waals surface area contributed by atoms with Crippen LogP contribution >= 0.6 is 11.3 Å². The number of thiophene rings is 1. The maximum Gasteiger partial charge on any atom is 0.317 e. The first-order valence-electron chi connectivity index (χ1n) is 7.74. The molecule has 2 heterocycles. The molecule has 0 aromatic carbocycles. The monoisotopic (exact) mass is 363 g/mol. The molecule has 0 unspecified atom stereocenters. The van der Waals surface area contributed by atoms with Crippen molar-refractivity contribution >= 4 is 36.4 Å². The summed E-state index contributed by atoms with van der Waals surface area (Å²) < 4.78 is 2.09. The van der Waals surface area contributed by atoms with E-state index >= 15 is 0 Å². The lowest BCUT2D eigenvalue weighted by Gasteiger charge is -2.20. The lowest BCUT2D eigenvalue weighted by Crippen LogP contribution is -2.30. The van der Waals surface area contributed by atoms with E-state index in [0.717, 1.165) is 28.6 Å². The maximum absolute atomic E-state index is 11.9. The van der Waals surface area contributed by atoms with Crippen molar-refractivity contribution in [3.05, 3.63) is 23.0 Å². The van der Waals surface area contributed by atoms with Gasteiger partial charge in [-0.3, -0.25) is 14.8 Å². The molecular weight excluding hydrogens is 342 g/mol. The summed E-state index contributed by atoms with van der Waals surface area (Å²) in [7, 11) is -1.30. The van der Waals surface area contributed by atoms with Crippen LogP contribution in [0.2, 0.25) is 19.6 Å². The summed E-state index contributed by atoms with van der Waals surface area (Å²) in [6, 6.07) is -0.703. The van der Waals surface area contributed by atoms with Crippen molar-refractivity contribution in [1.82, 2.24) is 9.78 Å². The van der Waals surface area contributed by atoms with Crippen LogP contribution in [0.1, 0.15) is 21.6 Å². The van der Waals surface area contributed by atoms with Crippen LogP contribution in [0, 0.1) is 0 Å². The van der Waals surface area contributed by atoms with Gasteiger partial charge < -0.3 is 11.5 Å². The number of primary amides is 2. The van der Waals surface area contributed by atoms with E-state index in [4.69, 9.17) is 11.5 Å². The number of hydrogen-bond donors (Lipinski definition) is 3. The number of anilines is 1. The Hall–Kier alpha value is -2.13. The zero-order valence-corrected chi connectivity index (χ0v) is 15.8. The summed E-state index contributed by atoms with van der Waals surface area (Å²) in [6.45, 7) is 6.92. The second kappa shape index (κ2) is 5.74. The largest absolute Gasteiger partial charge is 0.365 e. The normalized spacial score (nSPS) is 13.3. The van der Waals surface area contributed by atoms with Crippen LogP contribution in [0.25, 0.3) is 10.4 Å². The van der Waals surface area contributed by atoms with E-state index in [-0.39, 0.29) is 0 Å². The molecule has 0 fully saturated rings. The number of fused-ring (bicyclic) bond motifs is 3. The predicted molar refractivity (Wildman–Crippen MR) is 98.0 cm³/mol. The highest BCUT2D eigenvalue weighted by Crippen LogP contribution is 2.45. The molecule has 5 N–H and O–H groups in total. The zero-order valence-electron chi connectivity index (χ0n) is 14.0. The first-order chi connectivity index (χ1) is 11.2. The van der Waals surface area contributed by atoms with E-state index in [2.05, 4.69) is 34.7 Å². The zero-order chi connectivity index (χ0) is 17.6. The van der Waals surface area contributed by atoms with Gasteiger partial charge in [-0.25, -0.2) is 4.79 Å². The number of amides is 3. The van der Waals surface area contributed by atoms with Crippen LogP contribution < -0.4 is 16.8 Å². The minimum absolute atomic E-state index is 0.373. The molecule has 0 bridgehead atoms. The molecule has 3 amide bonds. The van der Waals surface area contributed by atoms with E-state index in [1.165, 1.54) is 17.0 Å². The molecule has 1 aliphatic carbocycles. The molecule has 128 valence electrons. The van der Waals surface area contributed by atoms with Gasteiger partial charge in [0, 0.05) is 22.3 Å². The molecule has 0 radical (unpaired) electrons. The van der Waals surface area contributed by atoms with Gasteiger partial charge in [0.2, 0.25) is 0 Å². The lowest BCUT2D eigenvalue weighted by atomic mass is 9.93. The highest BCUT2D eigenvalue weighted by Gasteiger charge is 2.30. The fraction of sp³-hybridized carbons (Fsp3) is 0.400. The van der Waals surface area contributed by atoms with E-state index in [1.54, 1.807) is 0 Å². The van der Waals surface area contributed by atoms with Gasteiger partial charge in [-0.2, -0.15) is 5.10 Å². The molecule has 0 saturated heterocycles. The number of rotatable bonds is 4. The quantitative estimate of drug-likeness (QED) is 0.723. The molecule has 2 aromatic rings. The molecule has 0 atom stereocenters. The number of hydrogen-bond acceptors (Lipinski definition) is 4. The number of urea groups is 1. The van der Waals surface area contributed by atoms with Crippen LogP contribution in [0.5, 0.6) is 0 Å². The van der Waals surface area contributed by atoms with Crippen molar-refractivity contribution < 1.29 is 9.59 Å². The summed E-state index contributed by atoms with van der Waals surface area (Å²) in [6.07, 6.45) is 4.32. The molecule has 1 aliphatic rings. The maximum atomic E-state index is 11.9. The van der Waals surface area contributed by atoms with Gasteiger partial charge in [0.15, 0.2) is 0 Å².